The lowest BCUT2D eigenvalue weighted by Crippen LogP contribution is -2.27. The second kappa shape index (κ2) is 6.70. The molecule has 0 bridgehead atoms. The number of hydrogen-bond acceptors (Lipinski definition) is 4. The fraction of sp³-hybridized carbons (Fsp3) is 0.714. The van der Waals surface area contributed by atoms with Crippen molar-refractivity contribution >= 4 is 5.91 Å². The zero-order valence-electron chi connectivity index (χ0n) is 11.7. The molecule has 106 valence electrons. The van der Waals surface area contributed by atoms with Gasteiger partial charge in [-0.2, -0.15) is 0 Å². The minimum absolute atomic E-state index is 0.134. The van der Waals surface area contributed by atoms with Crippen LogP contribution in [-0.2, 0) is 16.0 Å². The van der Waals surface area contributed by atoms with Crippen molar-refractivity contribution in [3.05, 3.63) is 17.0 Å². The van der Waals surface area contributed by atoms with Gasteiger partial charge in [0.2, 0.25) is 5.91 Å². The lowest BCUT2D eigenvalue weighted by atomic mass is 10.0. The van der Waals surface area contributed by atoms with Gasteiger partial charge in [0.1, 0.15) is 5.76 Å². The molecule has 1 atom stereocenters. The number of amides is 1. The van der Waals surface area contributed by atoms with Gasteiger partial charge in [0, 0.05) is 31.7 Å². The highest BCUT2D eigenvalue weighted by Gasteiger charge is 2.18. The molecular weight excluding hydrogens is 244 g/mol. The Bertz CT molecular complexity index is 403. The van der Waals surface area contributed by atoms with Crippen LogP contribution in [0.4, 0.5) is 0 Å². The van der Waals surface area contributed by atoms with Crippen molar-refractivity contribution in [2.45, 2.75) is 39.5 Å². The first kappa shape index (κ1) is 14.1. The third-order valence-electron chi connectivity index (χ3n) is 3.60. The monoisotopic (exact) mass is 266 g/mol. The van der Waals surface area contributed by atoms with Gasteiger partial charge in [0.05, 0.1) is 5.69 Å². The van der Waals surface area contributed by atoms with Crippen molar-refractivity contribution < 1.29 is 14.1 Å². The first-order valence-corrected chi connectivity index (χ1v) is 6.93. The number of ether oxygens (including phenoxy) is 1. The summed E-state index contributed by atoms with van der Waals surface area (Å²) in [5.41, 5.74) is 2.12. The fourth-order valence-electron chi connectivity index (χ4n) is 2.43. The van der Waals surface area contributed by atoms with E-state index in [2.05, 4.69) is 10.5 Å². The number of carbonyl (C=O) groups excluding carboxylic acids is 1. The molecule has 5 heteroatoms. The predicted octanol–water partition coefficient (Wildman–Crippen LogP) is 1.77. The third-order valence-corrected chi connectivity index (χ3v) is 3.60. The van der Waals surface area contributed by atoms with Crippen LogP contribution in [0.3, 0.4) is 0 Å². The van der Waals surface area contributed by atoms with Crippen molar-refractivity contribution in [1.82, 2.24) is 10.5 Å². The molecule has 1 aromatic heterocycles. The Hall–Kier alpha value is -1.36. The summed E-state index contributed by atoms with van der Waals surface area (Å²) in [7, 11) is 0. The van der Waals surface area contributed by atoms with Gasteiger partial charge in [-0.25, -0.2) is 0 Å². The zero-order valence-corrected chi connectivity index (χ0v) is 11.7. The maximum atomic E-state index is 11.7. The van der Waals surface area contributed by atoms with E-state index in [4.69, 9.17) is 9.26 Å². The van der Waals surface area contributed by atoms with Gasteiger partial charge in [-0.3, -0.25) is 4.79 Å². The summed E-state index contributed by atoms with van der Waals surface area (Å²) in [4.78, 5) is 11.7. The molecule has 1 N–H and O–H groups in total. The molecule has 1 fully saturated rings. The van der Waals surface area contributed by atoms with E-state index in [-0.39, 0.29) is 5.91 Å². The van der Waals surface area contributed by atoms with Crippen LogP contribution in [0.15, 0.2) is 4.52 Å². The number of nitrogens with zero attached hydrogens (tertiary/aromatic N) is 1. The zero-order chi connectivity index (χ0) is 13.7. The van der Waals surface area contributed by atoms with Crippen LogP contribution < -0.4 is 5.32 Å². The van der Waals surface area contributed by atoms with E-state index < -0.39 is 0 Å². The van der Waals surface area contributed by atoms with Gasteiger partial charge in [-0.05, 0) is 39.0 Å². The van der Waals surface area contributed by atoms with Crippen LogP contribution in [0.2, 0.25) is 0 Å². The van der Waals surface area contributed by atoms with Crippen LogP contribution >= 0.6 is 0 Å². The Kier molecular flexibility index (Phi) is 4.96. The molecule has 0 saturated carbocycles. The van der Waals surface area contributed by atoms with Crippen LogP contribution in [0.1, 0.15) is 36.3 Å². The van der Waals surface area contributed by atoms with E-state index >= 15 is 0 Å². The quantitative estimate of drug-likeness (QED) is 0.797. The standard InChI is InChI=1S/C14H22N2O3/c1-10-13(11(2)19-16-10)4-3-6-15-14(17)8-12-5-7-18-9-12/h12H,3-9H2,1-2H3,(H,15,17). The first-order valence-electron chi connectivity index (χ1n) is 6.93. The maximum absolute atomic E-state index is 11.7. The number of rotatable bonds is 6. The van der Waals surface area contributed by atoms with Gasteiger partial charge in [-0.1, -0.05) is 5.16 Å². The Morgan fingerprint density at radius 2 is 2.32 bits per heavy atom. The molecule has 0 aliphatic carbocycles. The summed E-state index contributed by atoms with van der Waals surface area (Å²) in [5, 5.41) is 6.89. The van der Waals surface area contributed by atoms with Crippen molar-refractivity contribution in [3.8, 4) is 0 Å². The number of aryl methyl sites for hydroxylation is 2. The molecule has 1 saturated heterocycles. The fourth-order valence-corrected chi connectivity index (χ4v) is 2.43. The Labute approximate surface area is 113 Å². The SMILES string of the molecule is Cc1noc(C)c1CCCNC(=O)CC1CCOC1. The van der Waals surface area contributed by atoms with E-state index in [9.17, 15) is 4.79 Å². The van der Waals surface area contributed by atoms with Crippen molar-refractivity contribution in [2.24, 2.45) is 5.92 Å². The number of carbonyl (C=O) groups is 1. The van der Waals surface area contributed by atoms with Crippen molar-refractivity contribution in [3.63, 3.8) is 0 Å². The number of aromatic nitrogens is 1. The topological polar surface area (TPSA) is 64.4 Å². The highest BCUT2D eigenvalue weighted by atomic mass is 16.5. The largest absolute Gasteiger partial charge is 0.381 e. The number of nitrogens with one attached hydrogen (secondary N) is 1. The van der Waals surface area contributed by atoms with Crippen LogP contribution in [-0.4, -0.2) is 30.8 Å². The molecule has 1 unspecified atom stereocenters. The van der Waals surface area contributed by atoms with Crippen LogP contribution in [0.5, 0.6) is 0 Å². The minimum Gasteiger partial charge on any atom is -0.381 e. The van der Waals surface area contributed by atoms with Crippen LogP contribution in [0.25, 0.3) is 0 Å². The molecule has 2 rings (SSSR count). The highest BCUT2D eigenvalue weighted by Crippen LogP contribution is 2.16. The van der Waals surface area contributed by atoms with Gasteiger partial charge < -0.3 is 14.6 Å². The summed E-state index contributed by atoms with van der Waals surface area (Å²) in [6.07, 6.45) is 3.40. The molecule has 1 amide bonds. The van der Waals surface area contributed by atoms with E-state index in [0.717, 1.165) is 43.9 Å². The molecule has 2 heterocycles. The van der Waals surface area contributed by atoms with Gasteiger partial charge in [0.25, 0.3) is 0 Å². The molecule has 0 radical (unpaired) electrons. The molecule has 1 aliphatic rings. The molecular formula is C14H22N2O3. The van der Waals surface area contributed by atoms with Crippen molar-refractivity contribution in [2.75, 3.05) is 19.8 Å². The summed E-state index contributed by atoms with van der Waals surface area (Å²) in [6, 6.07) is 0. The third kappa shape index (κ3) is 4.06. The molecule has 5 nitrogen and oxygen atoms in total. The smallest absolute Gasteiger partial charge is 0.220 e. The average molecular weight is 266 g/mol. The molecule has 1 aliphatic heterocycles. The van der Waals surface area contributed by atoms with Crippen LogP contribution in [0, 0.1) is 19.8 Å². The summed E-state index contributed by atoms with van der Waals surface area (Å²) < 4.78 is 10.4. The summed E-state index contributed by atoms with van der Waals surface area (Å²) in [5.74, 6) is 1.42. The molecule has 19 heavy (non-hydrogen) atoms. The normalized spacial score (nSPS) is 18.7. The second-order valence-electron chi connectivity index (χ2n) is 5.19. The number of hydrogen-bond donors (Lipinski definition) is 1. The van der Waals surface area contributed by atoms with Gasteiger partial charge >= 0.3 is 0 Å². The van der Waals surface area contributed by atoms with E-state index in [1.54, 1.807) is 0 Å². The first-order chi connectivity index (χ1) is 9.16. The van der Waals surface area contributed by atoms with E-state index in [0.29, 0.717) is 18.9 Å². The van der Waals surface area contributed by atoms with Crippen molar-refractivity contribution in [1.29, 1.82) is 0 Å². The minimum atomic E-state index is 0.134. The highest BCUT2D eigenvalue weighted by molar-refractivity contribution is 5.76. The average Bonchev–Trinajstić information content (AvgIpc) is 2.98. The predicted molar refractivity (Wildman–Crippen MR) is 70.9 cm³/mol. The second-order valence-corrected chi connectivity index (χ2v) is 5.19. The summed E-state index contributed by atoms with van der Waals surface area (Å²) in [6.45, 7) is 6.10. The molecule has 1 aromatic rings. The van der Waals surface area contributed by atoms with Gasteiger partial charge in [-0.15, -0.1) is 0 Å². The lowest BCUT2D eigenvalue weighted by Gasteiger charge is -2.08. The molecule has 0 spiro atoms. The Balaban J connectivity index is 1.62. The maximum Gasteiger partial charge on any atom is 0.220 e. The van der Waals surface area contributed by atoms with Gasteiger partial charge in [0.15, 0.2) is 0 Å². The van der Waals surface area contributed by atoms with E-state index in [1.807, 2.05) is 13.8 Å². The Morgan fingerprint density at radius 3 is 2.95 bits per heavy atom. The summed E-state index contributed by atoms with van der Waals surface area (Å²) >= 11 is 0. The van der Waals surface area contributed by atoms with E-state index in [1.165, 1.54) is 5.56 Å². The Morgan fingerprint density at radius 1 is 1.47 bits per heavy atom. The molecule has 0 aromatic carbocycles. The lowest BCUT2D eigenvalue weighted by molar-refractivity contribution is -0.122.